The molecule has 1 aliphatic heterocycles. The summed E-state index contributed by atoms with van der Waals surface area (Å²) in [5.74, 6) is 2.71. The van der Waals surface area contributed by atoms with Gasteiger partial charge in [-0.2, -0.15) is 0 Å². The highest BCUT2D eigenvalue weighted by Crippen LogP contribution is 2.27. The summed E-state index contributed by atoms with van der Waals surface area (Å²) in [4.78, 5) is 0. The molecular weight excluding hydrogens is 160 g/mol. The first-order valence-corrected chi connectivity index (χ1v) is 5.41. The predicted octanol–water partition coefficient (Wildman–Crippen LogP) is 3.75. The molecule has 1 rings (SSSR count). The lowest BCUT2D eigenvalue weighted by molar-refractivity contribution is 0.147. The first kappa shape index (κ1) is 10.6. The molecule has 0 radical (unpaired) electrons. The van der Waals surface area contributed by atoms with E-state index in [1.165, 1.54) is 25.0 Å². The van der Waals surface area contributed by atoms with Crippen molar-refractivity contribution in [3.05, 3.63) is 11.3 Å². The van der Waals surface area contributed by atoms with Crippen molar-refractivity contribution < 1.29 is 4.74 Å². The molecule has 0 N–H and O–H groups in total. The van der Waals surface area contributed by atoms with Gasteiger partial charge in [0.1, 0.15) is 0 Å². The molecule has 0 spiro atoms. The van der Waals surface area contributed by atoms with E-state index in [1.807, 2.05) is 0 Å². The average Bonchev–Trinajstić information content (AvgIpc) is 2.06. The van der Waals surface area contributed by atoms with Crippen LogP contribution in [0, 0.1) is 11.8 Å². The molecule has 1 nitrogen and oxygen atoms in total. The van der Waals surface area contributed by atoms with E-state index in [1.54, 1.807) is 5.57 Å². The fourth-order valence-electron chi connectivity index (χ4n) is 1.73. The molecule has 0 aliphatic carbocycles. The summed E-state index contributed by atoms with van der Waals surface area (Å²) in [5.41, 5.74) is 1.55. The van der Waals surface area contributed by atoms with E-state index < -0.39 is 0 Å². The van der Waals surface area contributed by atoms with Gasteiger partial charge in [-0.1, -0.05) is 20.8 Å². The third-order valence-electron chi connectivity index (χ3n) is 2.70. The fourth-order valence-corrected chi connectivity index (χ4v) is 1.73. The maximum atomic E-state index is 5.61. The number of hydrogen-bond donors (Lipinski definition) is 0. The number of ether oxygens (including phenoxy) is 1. The van der Waals surface area contributed by atoms with Gasteiger partial charge < -0.3 is 4.74 Å². The highest BCUT2D eigenvalue weighted by Gasteiger charge is 2.16. The Hall–Kier alpha value is -0.460. The lowest BCUT2D eigenvalue weighted by Gasteiger charge is -2.24. The third kappa shape index (κ3) is 3.41. The second-order valence-corrected chi connectivity index (χ2v) is 4.71. The average molecular weight is 182 g/mol. The van der Waals surface area contributed by atoms with E-state index in [0.29, 0.717) is 5.92 Å². The van der Waals surface area contributed by atoms with Crippen LogP contribution in [-0.2, 0) is 4.74 Å². The molecule has 0 fully saturated rings. The van der Waals surface area contributed by atoms with Crippen molar-refractivity contribution in [2.75, 3.05) is 6.61 Å². The van der Waals surface area contributed by atoms with Crippen molar-refractivity contribution in [2.45, 2.75) is 47.0 Å². The SMILES string of the molecule is CC1=C(CCC(C)C)CC(C)CO1. The number of hydrogen-bond acceptors (Lipinski definition) is 1. The van der Waals surface area contributed by atoms with E-state index in [4.69, 9.17) is 4.74 Å². The van der Waals surface area contributed by atoms with Crippen LogP contribution < -0.4 is 0 Å². The minimum absolute atomic E-state index is 0.714. The van der Waals surface area contributed by atoms with Crippen molar-refractivity contribution >= 4 is 0 Å². The summed E-state index contributed by atoms with van der Waals surface area (Å²) >= 11 is 0. The Balaban J connectivity index is 2.45. The molecule has 0 aromatic carbocycles. The minimum atomic E-state index is 0.714. The van der Waals surface area contributed by atoms with E-state index in [2.05, 4.69) is 27.7 Å². The summed E-state index contributed by atoms with van der Waals surface area (Å²) < 4.78 is 5.61. The minimum Gasteiger partial charge on any atom is -0.498 e. The van der Waals surface area contributed by atoms with E-state index in [0.717, 1.165) is 12.5 Å². The zero-order valence-electron chi connectivity index (χ0n) is 9.39. The molecule has 0 aromatic heterocycles. The molecule has 1 heteroatoms. The van der Waals surface area contributed by atoms with Gasteiger partial charge in [0.25, 0.3) is 0 Å². The Morgan fingerprint density at radius 1 is 1.46 bits per heavy atom. The van der Waals surface area contributed by atoms with Gasteiger partial charge in [-0.25, -0.2) is 0 Å². The van der Waals surface area contributed by atoms with Crippen molar-refractivity contribution in [1.29, 1.82) is 0 Å². The van der Waals surface area contributed by atoms with Gasteiger partial charge in [0.05, 0.1) is 12.4 Å². The van der Waals surface area contributed by atoms with Gasteiger partial charge in [-0.15, -0.1) is 0 Å². The van der Waals surface area contributed by atoms with E-state index >= 15 is 0 Å². The second-order valence-electron chi connectivity index (χ2n) is 4.71. The molecule has 0 amide bonds. The van der Waals surface area contributed by atoms with Gasteiger partial charge in [0.2, 0.25) is 0 Å². The monoisotopic (exact) mass is 182 g/mol. The third-order valence-corrected chi connectivity index (χ3v) is 2.70. The quantitative estimate of drug-likeness (QED) is 0.646. The number of allylic oxidation sites excluding steroid dienone is 2. The summed E-state index contributed by atoms with van der Waals surface area (Å²) in [6.45, 7) is 9.85. The van der Waals surface area contributed by atoms with E-state index in [9.17, 15) is 0 Å². The molecule has 0 aromatic rings. The Morgan fingerprint density at radius 2 is 2.15 bits per heavy atom. The van der Waals surface area contributed by atoms with Gasteiger partial charge >= 0.3 is 0 Å². The van der Waals surface area contributed by atoms with Crippen LogP contribution in [0.2, 0.25) is 0 Å². The molecule has 0 saturated heterocycles. The molecular formula is C12H22O. The van der Waals surface area contributed by atoms with Gasteiger partial charge in [0, 0.05) is 0 Å². The molecule has 1 unspecified atom stereocenters. The van der Waals surface area contributed by atoms with Crippen LogP contribution in [0.25, 0.3) is 0 Å². The second kappa shape index (κ2) is 4.69. The highest BCUT2D eigenvalue weighted by atomic mass is 16.5. The zero-order chi connectivity index (χ0) is 9.84. The Kier molecular flexibility index (Phi) is 3.83. The Bertz CT molecular complexity index is 191. The normalized spacial score (nSPS) is 23.6. The summed E-state index contributed by atoms with van der Waals surface area (Å²) in [6.07, 6.45) is 3.77. The topological polar surface area (TPSA) is 9.23 Å². The molecule has 0 bridgehead atoms. The maximum absolute atomic E-state index is 5.61. The van der Waals surface area contributed by atoms with Gasteiger partial charge in [-0.05, 0) is 43.6 Å². The van der Waals surface area contributed by atoms with Crippen LogP contribution in [-0.4, -0.2) is 6.61 Å². The molecule has 13 heavy (non-hydrogen) atoms. The standard InChI is InChI=1S/C12H22O/c1-9(2)5-6-12-7-10(3)8-13-11(12)4/h9-10H,5-8H2,1-4H3. The molecule has 0 saturated carbocycles. The fraction of sp³-hybridized carbons (Fsp3) is 0.833. The lowest BCUT2D eigenvalue weighted by atomic mass is 9.93. The predicted molar refractivity (Wildman–Crippen MR) is 56.5 cm³/mol. The number of rotatable bonds is 3. The first-order valence-electron chi connectivity index (χ1n) is 5.41. The first-order chi connectivity index (χ1) is 6.09. The molecule has 1 heterocycles. The smallest absolute Gasteiger partial charge is 0.0921 e. The summed E-state index contributed by atoms with van der Waals surface area (Å²) in [6, 6.07) is 0. The van der Waals surface area contributed by atoms with Crippen LogP contribution >= 0.6 is 0 Å². The van der Waals surface area contributed by atoms with Gasteiger partial charge in [-0.3, -0.25) is 0 Å². The molecule has 76 valence electrons. The van der Waals surface area contributed by atoms with Crippen LogP contribution in [0.3, 0.4) is 0 Å². The lowest BCUT2D eigenvalue weighted by Crippen LogP contribution is -2.14. The maximum Gasteiger partial charge on any atom is 0.0921 e. The van der Waals surface area contributed by atoms with Crippen LogP contribution in [0.5, 0.6) is 0 Å². The van der Waals surface area contributed by atoms with Crippen LogP contribution in [0.15, 0.2) is 11.3 Å². The Morgan fingerprint density at radius 3 is 2.77 bits per heavy atom. The van der Waals surface area contributed by atoms with Crippen molar-refractivity contribution in [1.82, 2.24) is 0 Å². The highest BCUT2D eigenvalue weighted by molar-refractivity contribution is 5.09. The van der Waals surface area contributed by atoms with Crippen molar-refractivity contribution in [3.8, 4) is 0 Å². The van der Waals surface area contributed by atoms with Crippen molar-refractivity contribution in [2.24, 2.45) is 11.8 Å². The zero-order valence-corrected chi connectivity index (χ0v) is 9.39. The summed E-state index contributed by atoms with van der Waals surface area (Å²) in [5, 5.41) is 0. The van der Waals surface area contributed by atoms with Crippen LogP contribution in [0.4, 0.5) is 0 Å². The van der Waals surface area contributed by atoms with Crippen molar-refractivity contribution in [3.63, 3.8) is 0 Å². The molecule has 1 atom stereocenters. The van der Waals surface area contributed by atoms with E-state index in [-0.39, 0.29) is 0 Å². The largest absolute Gasteiger partial charge is 0.498 e. The molecule has 1 aliphatic rings. The van der Waals surface area contributed by atoms with Crippen LogP contribution in [0.1, 0.15) is 47.0 Å². The van der Waals surface area contributed by atoms with Gasteiger partial charge in [0.15, 0.2) is 0 Å². The summed E-state index contributed by atoms with van der Waals surface area (Å²) in [7, 11) is 0. The Labute approximate surface area is 82.2 Å².